The number of nitrogen functional groups attached to an aromatic ring is 1. The summed E-state index contributed by atoms with van der Waals surface area (Å²) in [6.45, 7) is 0. The van der Waals surface area contributed by atoms with Gasteiger partial charge in [0.15, 0.2) is 11.6 Å². The van der Waals surface area contributed by atoms with Crippen LogP contribution >= 0.6 is 34.2 Å². The molecule has 0 unspecified atom stereocenters. The van der Waals surface area contributed by atoms with Crippen LogP contribution < -0.4 is 5.73 Å². The SMILES string of the molecule is Nc1noc(-c2ccc(I)cc2)c1-c1ccccc1Cl. The Bertz CT molecular complexity index is 753. The predicted molar refractivity (Wildman–Crippen MR) is 89.5 cm³/mol. The second-order valence-corrected chi connectivity index (χ2v) is 5.91. The molecule has 0 spiro atoms. The zero-order valence-electron chi connectivity index (χ0n) is 10.3. The van der Waals surface area contributed by atoms with Crippen LogP contribution in [0.25, 0.3) is 22.5 Å². The van der Waals surface area contributed by atoms with E-state index in [1.165, 1.54) is 0 Å². The second kappa shape index (κ2) is 5.46. The Hall–Kier alpha value is -1.53. The maximum absolute atomic E-state index is 6.25. The van der Waals surface area contributed by atoms with Crippen LogP contribution in [0.3, 0.4) is 0 Å². The van der Waals surface area contributed by atoms with Crippen LogP contribution in [0.5, 0.6) is 0 Å². The maximum atomic E-state index is 6.25. The van der Waals surface area contributed by atoms with Gasteiger partial charge in [-0.1, -0.05) is 47.1 Å². The van der Waals surface area contributed by atoms with E-state index >= 15 is 0 Å². The van der Waals surface area contributed by atoms with E-state index in [0.29, 0.717) is 16.6 Å². The average molecular weight is 397 g/mol. The van der Waals surface area contributed by atoms with Crippen LogP contribution in [-0.4, -0.2) is 5.16 Å². The molecule has 0 aliphatic rings. The highest BCUT2D eigenvalue weighted by Crippen LogP contribution is 2.39. The second-order valence-electron chi connectivity index (χ2n) is 4.26. The summed E-state index contributed by atoms with van der Waals surface area (Å²) >= 11 is 8.50. The van der Waals surface area contributed by atoms with Gasteiger partial charge in [-0.3, -0.25) is 0 Å². The third-order valence-electron chi connectivity index (χ3n) is 2.97. The molecule has 1 aromatic heterocycles. The molecule has 3 aromatic rings. The molecule has 0 bridgehead atoms. The molecule has 20 heavy (non-hydrogen) atoms. The lowest BCUT2D eigenvalue weighted by atomic mass is 10.0. The summed E-state index contributed by atoms with van der Waals surface area (Å²) in [7, 11) is 0. The highest BCUT2D eigenvalue weighted by molar-refractivity contribution is 14.1. The van der Waals surface area contributed by atoms with Gasteiger partial charge in [0.25, 0.3) is 0 Å². The molecule has 3 nitrogen and oxygen atoms in total. The molecule has 2 N–H and O–H groups in total. The summed E-state index contributed by atoms with van der Waals surface area (Å²) in [6.07, 6.45) is 0. The molecule has 0 saturated heterocycles. The summed E-state index contributed by atoms with van der Waals surface area (Å²) < 4.78 is 6.55. The van der Waals surface area contributed by atoms with Gasteiger partial charge in [-0.2, -0.15) is 0 Å². The Morgan fingerprint density at radius 1 is 1.05 bits per heavy atom. The molecule has 0 atom stereocenters. The fraction of sp³-hybridized carbons (Fsp3) is 0. The molecule has 0 radical (unpaired) electrons. The highest BCUT2D eigenvalue weighted by Gasteiger charge is 2.19. The van der Waals surface area contributed by atoms with Crippen molar-refractivity contribution in [3.8, 4) is 22.5 Å². The lowest BCUT2D eigenvalue weighted by Crippen LogP contribution is -1.89. The van der Waals surface area contributed by atoms with Gasteiger partial charge < -0.3 is 10.3 Å². The Labute approximate surface area is 134 Å². The molecule has 1 heterocycles. The van der Waals surface area contributed by atoms with Crippen LogP contribution in [0, 0.1) is 3.57 Å². The smallest absolute Gasteiger partial charge is 0.176 e. The van der Waals surface area contributed by atoms with Gasteiger partial charge in [-0.25, -0.2) is 0 Å². The Balaban J connectivity index is 2.20. The lowest BCUT2D eigenvalue weighted by Gasteiger charge is -2.05. The third-order valence-corrected chi connectivity index (χ3v) is 4.02. The van der Waals surface area contributed by atoms with Gasteiger partial charge in [-0.05, 0) is 40.8 Å². The fourth-order valence-electron chi connectivity index (χ4n) is 2.02. The van der Waals surface area contributed by atoms with Crippen molar-refractivity contribution in [2.75, 3.05) is 5.73 Å². The number of rotatable bonds is 2. The van der Waals surface area contributed by atoms with E-state index in [0.717, 1.165) is 20.3 Å². The monoisotopic (exact) mass is 396 g/mol. The van der Waals surface area contributed by atoms with Gasteiger partial charge in [0.05, 0.1) is 5.56 Å². The first-order valence-electron chi connectivity index (χ1n) is 5.93. The number of aromatic nitrogens is 1. The van der Waals surface area contributed by atoms with Crippen molar-refractivity contribution in [2.45, 2.75) is 0 Å². The van der Waals surface area contributed by atoms with E-state index in [2.05, 4.69) is 27.7 Å². The molecular formula is C15H10ClIN2O. The van der Waals surface area contributed by atoms with Crippen molar-refractivity contribution < 1.29 is 4.52 Å². The standard InChI is InChI=1S/C15H10ClIN2O/c16-12-4-2-1-3-11(12)13-14(20-19-15(13)18)9-5-7-10(17)8-6-9/h1-8H,(H2,18,19). The maximum Gasteiger partial charge on any atom is 0.176 e. The van der Waals surface area contributed by atoms with Gasteiger partial charge in [-0.15, -0.1) is 0 Å². The van der Waals surface area contributed by atoms with Crippen LogP contribution in [-0.2, 0) is 0 Å². The van der Waals surface area contributed by atoms with Crippen molar-refractivity contribution in [3.63, 3.8) is 0 Å². The third kappa shape index (κ3) is 2.41. The fourth-order valence-corrected chi connectivity index (χ4v) is 2.61. The van der Waals surface area contributed by atoms with Gasteiger partial charge >= 0.3 is 0 Å². The number of hydrogen-bond donors (Lipinski definition) is 1. The predicted octanol–water partition coefficient (Wildman–Crippen LogP) is 4.85. The molecular weight excluding hydrogens is 387 g/mol. The van der Waals surface area contributed by atoms with E-state index in [-0.39, 0.29) is 0 Å². The first kappa shape index (κ1) is 13.5. The molecule has 5 heteroatoms. The lowest BCUT2D eigenvalue weighted by molar-refractivity contribution is 0.436. The quantitative estimate of drug-likeness (QED) is 0.630. The molecule has 0 aliphatic carbocycles. The number of anilines is 1. The summed E-state index contributed by atoms with van der Waals surface area (Å²) in [5.74, 6) is 0.971. The van der Waals surface area contributed by atoms with Crippen molar-refractivity contribution in [1.82, 2.24) is 5.16 Å². The van der Waals surface area contributed by atoms with E-state index in [1.807, 2.05) is 48.5 Å². The summed E-state index contributed by atoms with van der Waals surface area (Å²) in [4.78, 5) is 0. The number of benzene rings is 2. The summed E-state index contributed by atoms with van der Waals surface area (Å²) in [6, 6.07) is 15.5. The zero-order valence-corrected chi connectivity index (χ0v) is 13.2. The number of nitrogens with zero attached hydrogens (tertiary/aromatic N) is 1. The minimum Gasteiger partial charge on any atom is -0.380 e. The van der Waals surface area contributed by atoms with Crippen molar-refractivity contribution >= 4 is 40.0 Å². The normalized spacial score (nSPS) is 10.7. The minimum atomic E-state index is 0.339. The molecule has 2 aromatic carbocycles. The van der Waals surface area contributed by atoms with Gasteiger partial charge in [0.1, 0.15) is 0 Å². The van der Waals surface area contributed by atoms with E-state index in [4.69, 9.17) is 21.9 Å². The average Bonchev–Trinajstić information content (AvgIpc) is 2.82. The van der Waals surface area contributed by atoms with Crippen molar-refractivity contribution in [2.24, 2.45) is 0 Å². The molecule has 100 valence electrons. The van der Waals surface area contributed by atoms with E-state index in [1.54, 1.807) is 0 Å². The van der Waals surface area contributed by atoms with Crippen LogP contribution in [0.15, 0.2) is 53.1 Å². The van der Waals surface area contributed by atoms with Gasteiger partial charge in [0, 0.05) is 19.7 Å². The molecule has 0 saturated carbocycles. The van der Waals surface area contributed by atoms with Gasteiger partial charge in [0.2, 0.25) is 0 Å². The number of hydrogen-bond acceptors (Lipinski definition) is 3. The Morgan fingerprint density at radius 3 is 2.45 bits per heavy atom. The topological polar surface area (TPSA) is 52.0 Å². The van der Waals surface area contributed by atoms with E-state index in [9.17, 15) is 0 Å². The first-order valence-corrected chi connectivity index (χ1v) is 7.38. The molecule has 3 rings (SSSR count). The zero-order chi connectivity index (χ0) is 14.1. The van der Waals surface area contributed by atoms with E-state index < -0.39 is 0 Å². The van der Waals surface area contributed by atoms with Crippen molar-refractivity contribution in [1.29, 1.82) is 0 Å². The Kier molecular flexibility index (Phi) is 3.67. The van der Waals surface area contributed by atoms with Crippen molar-refractivity contribution in [3.05, 3.63) is 57.1 Å². The first-order chi connectivity index (χ1) is 9.66. The summed E-state index contributed by atoms with van der Waals surface area (Å²) in [5, 5.41) is 4.49. The van der Waals surface area contributed by atoms with Crippen LogP contribution in [0.4, 0.5) is 5.82 Å². The summed E-state index contributed by atoms with van der Waals surface area (Å²) in [5.41, 5.74) is 8.42. The Morgan fingerprint density at radius 2 is 1.75 bits per heavy atom. The number of halogens is 2. The van der Waals surface area contributed by atoms with Crippen LogP contribution in [0.2, 0.25) is 5.02 Å². The minimum absolute atomic E-state index is 0.339. The molecule has 0 aliphatic heterocycles. The van der Waals surface area contributed by atoms with Crippen LogP contribution in [0.1, 0.15) is 0 Å². The highest BCUT2D eigenvalue weighted by atomic mass is 127. The number of nitrogens with two attached hydrogens (primary N) is 1. The largest absolute Gasteiger partial charge is 0.380 e. The molecule has 0 amide bonds. The molecule has 0 fully saturated rings.